The van der Waals surface area contributed by atoms with Crippen molar-refractivity contribution in [2.75, 3.05) is 0 Å². The van der Waals surface area contributed by atoms with Crippen LogP contribution in [0.4, 0.5) is 0 Å². The first-order chi connectivity index (χ1) is 11.6. The van der Waals surface area contributed by atoms with Crippen molar-refractivity contribution in [2.45, 2.75) is 33.0 Å². The molecule has 0 N–H and O–H groups in total. The first-order valence-electron chi connectivity index (χ1n) is 7.82. The second-order valence-corrected chi connectivity index (χ2v) is 6.98. The second kappa shape index (κ2) is 5.83. The summed E-state index contributed by atoms with van der Waals surface area (Å²) in [6.07, 6.45) is 0. The molecule has 2 aromatic heterocycles. The lowest BCUT2D eigenvalue weighted by atomic mass is 10.1. The highest BCUT2D eigenvalue weighted by molar-refractivity contribution is 7.09. The number of hydrogen-bond acceptors (Lipinski definition) is 5. The summed E-state index contributed by atoms with van der Waals surface area (Å²) >= 11 is 1.57. The van der Waals surface area contributed by atoms with E-state index >= 15 is 0 Å². The number of rotatable bonds is 3. The van der Waals surface area contributed by atoms with E-state index in [1.165, 1.54) is 0 Å². The number of carbonyl (C=O) groups is 1. The molecule has 6 nitrogen and oxygen atoms in total. The van der Waals surface area contributed by atoms with Crippen molar-refractivity contribution in [2.24, 2.45) is 0 Å². The standard InChI is InChI=1S/C17H17N5OS/c1-11-17(23)21(8-13-6-4-3-5-7-13)9-15-19-20-16(22(11)15)14-10-24-12(2)18-14/h3-7,10-11H,8-9H2,1-2H3/t11-/m0/s1. The monoisotopic (exact) mass is 339 g/mol. The van der Waals surface area contributed by atoms with E-state index in [2.05, 4.69) is 15.2 Å². The molecule has 0 saturated carbocycles. The maximum atomic E-state index is 12.8. The van der Waals surface area contributed by atoms with Gasteiger partial charge in [0.1, 0.15) is 11.7 Å². The molecule has 3 aromatic rings. The van der Waals surface area contributed by atoms with Gasteiger partial charge in [-0.2, -0.15) is 0 Å². The summed E-state index contributed by atoms with van der Waals surface area (Å²) in [5, 5.41) is 11.5. The van der Waals surface area contributed by atoms with Crippen LogP contribution in [0.5, 0.6) is 0 Å². The van der Waals surface area contributed by atoms with Crippen LogP contribution in [0.25, 0.3) is 11.5 Å². The van der Waals surface area contributed by atoms with Gasteiger partial charge in [0.25, 0.3) is 0 Å². The van der Waals surface area contributed by atoms with Crippen molar-refractivity contribution < 1.29 is 4.79 Å². The molecule has 0 radical (unpaired) electrons. The fraction of sp³-hybridized carbons (Fsp3) is 0.294. The van der Waals surface area contributed by atoms with Crippen LogP contribution in [0.3, 0.4) is 0 Å². The first-order valence-corrected chi connectivity index (χ1v) is 8.70. The largest absolute Gasteiger partial charge is 0.329 e. The molecule has 1 aliphatic heterocycles. The fourth-order valence-corrected chi connectivity index (χ4v) is 3.63. The van der Waals surface area contributed by atoms with Gasteiger partial charge in [0.15, 0.2) is 11.6 Å². The minimum Gasteiger partial charge on any atom is -0.329 e. The van der Waals surface area contributed by atoms with Crippen LogP contribution in [0.2, 0.25) is 0 Å². The highest BCUT2D eigenvalue weighted by atomic mass is 32.1. The van der Waals surface area contributed by atoms with E-state index in [0.717, 1.165) is 22.1 Å². The molecule has 24 heavy (non-hydrogen) atoms. The molecule has 4 rings (SSSR count). The van der Waals surface area contributed by atoms with E-state index in [1.807, 2.05) is 59.0 Å². The normalized spacial score (nSPS) is 17.2. The molecule has 122 valence electrons. The fourth-order valence-electron chi connectivity index (χ4n) is 3.04. The van der Waals surface area contributed by atoms with E-state index in [1.54, 1.807) is 11.3 Å². The number of aromatic nitrogens is 4. The topological polar surface area (TPSA) is 63.9 Å². The SMILES string of the molecule is Cc1nc(-c2nnc3n2[C@@H](C)C(=O)N(Cc2ccccc2)C3)cs1. The number of carbonyl (C=O) groups excluding carboxylic acids is 1. The van der Waals surface area contributed by atoms with Crippen LogP contribution in [-0.2, 0) is 17.9 Å². The summed E-state index contributed by atoms with van der Waals surface area (Å²) in [5.74, 6) is 1.56. The third-order valence-electron chi connectivity index (χ3n) is 4.22. The first kappa shape index (κ1) is 15.0. The summed E-state index contributed by atoms with van der Waals surface area (Å²) < 4.78 is 1.92. The van der Waals surface area contributed by atoms with E-state index in [-0.39, 0.29) is 11.9 Å². The van der Waals surface area contributed by atoms with E-state index in [4.69, 9.17) is 0 Å². The number of amides is 1. The molecule has 0 aliphatic carbocycles. The van der Waals surface area contributed by atoms with Crippen molar-refractivity contribution in [3.8, 4) is 11.5 Å². The van der Waals surface area contributed by atoms with Gasteiger partial charge < -0.3 is 4.90 Å². The average molecular weight is 339 g/mol. The van der Waals surface area contributed by atoms with E-state index < -0.39 is 0 Å². The highest BCUT2D eigenvalue weighted by Crippen LogP contribution is 2.29. The zero-order chi connectivity index (χ0) is 16.7. The Hall–Kier alpha value is -2.54. The number of nitrogens with zero attached hydrogens (tertiary/aromatic N) is 5. The average Bonchev–Trinajstić information content (AvgIpc) is 3.19. The van der Waals surface area contributed by atoms with Gasteiger partial charge in [-0.1, -0.05) is 30.3 Å². The predicted octanol–water partition coefficient (Wildman–Crippen LogP) is 2.81. The van der Waals surface area contributed by atoms with Gasteiger partial charge in [0, 0.05) is 11.9 Å². The summed E-state index contributed by atoms with van der Waals surface area (Å²) in [5.41, 5.74) is 1.90. The summed E-state index contributed by atoms with van der Waals surface area (Å²) in [6.45, 7) is 4.91. The van der Waals surface area contributed by atoms with Crippen LogP contribution < -0.4 is 0 Å². The Balaban J connectivity index is 1.66. The molecule has 0 unspecified atom stereocenters. The van der Waals surface area contributed by atoms with Gasteiger partial charge in [-0.3, -0.25) is 9.36 Å². The summed E-state index contributed by atoms with van der Waals surface area (Å²) in [6, 6.07) is 9.67. The van der Waals surface area contributed by atoms with Crippen molar-refractivity contribution in [1.29, 1.82) is 0 Å². The van der Waals surface area contributed by atoms with Crippen molar-refractivity contribution in [3.63, 3.8) is 0 Å². The molecule has 7 heteroatoms. The Kier molecular flexibility index (Phi) is 3.65. The molecule has 0 bridgehead atoms. The van der Waals surface area contributed by atoms with Gasteiger partial charge in [-0.15, -0.1) is 21.5 Å². The van der Waals surface area contributed by atoms with Crippen LogP contribution in [-0.4, -0.2) is 30.6 Å². The number of benzene rings is 1. The molecular weight excluding hydrogens is 322 g/mol. The lowest BCUT2D eigenvalue weighted by Crippen LogP contribution is -2.41. The lowest BCUT2D eigenvalue weighted by Gasteiger charge is -2.32. The van der Waals surface area contributed by atoms with Crippen LogP contribution >= 0.6 is 11.3 Å². The Labute approximate surface area is 143 Å². The molecular formula is C17H17N5OS. The van der Waals surface area contributed by atoms with E-state index in [0.29, 0.717) is 18.9 Å². The van der Waals surface area contributed by atoms with Gasteiger partial charge in [-0.05, 0) is 19.4 Å². The zero-order valence-electron chi connectivity index (χ0n) is 13.5. The summed E-state index contributed by atoms with van der Waals surface area (Å²) in [4.78, 5) is 19.1. The Morgan fingerprint density at radius 1 is 1.25 bits per heavy atom. The van der Waals surface area contributed by atoms with Crippen LogP contribution in [0.1, 0.15) is 29.4 Å². The van der Waals surface area contributed by atoms with Crippen LogP contribution in [0, 0.1) is 6.92 Å². The second-order valence-electron chi connectivity index (χ2n) is 5.92. The molecule has 1 aliphatic rings. The van der Waals surface area contributed by atoms with Gasteiger partial charge in [-0.25, -0.2) is 4.98 Å². The third-order valence-corrected chi connectivity index (χ3v) is 4.99. The maximum absolute atomic E-state index is 12.8. The highest BCUT2D eigenvalue weighted by Gasteiger charge is 2.33. The Morgan fingerprint density at radius 2 is 2.04 bits per heavy atom. The van der Waals surface area contributed by atoms with Crippen molar-refractivity contribution >= 4 is 17.2 Å². The molecule has 0 saturated heterocycles. The van der Waals surface area contributed by atoms with Gasteiger partial charge >= 0.3 is 0 Å². The molecule has 1 amide bonds. The minimum absolute atomic E-state index is 0.0827. The smallest absolute Gasteiger partial charge is 0.246 e. The van der Waals surface area contributed by atoms with E-state index in [9.17, 15) is 4.79 Å². The van der Waals surface area contributed by atoms with Crippen LogP contribution in [0.15, 0.2) is 35.7 Å². The lowest BCUT2D eigenvalue weighted by molar-refractivity contribution is -0.137. The maximum Gasteiger partial charge on any atom is 0.246 e. The molecule has 1 atom stereocenters. The van der Waals surface area contributed by atoms with Crippen molar-refractivity contribution in [3.05, 3.63) is 52.1 Å². The minimum atomic E-state index is -0.329. The predicted molar refractivity (Wildman–Crippen MR) is 91.3 cm³/mol. The Morgan fingerprint density at radius 3 is 2.75 bits per heavy atom. The van der Waals surface area contributed by atoms with Gasteiger partial charge in [0.05, 0.1) is 11.6 Å². The zero-order valence-corrected chi connectivity index (χ0v) is 14.3. The third kappa shape index (κ3) is 2.50. The number of fused-ring (bicyclic) bond motifs is 1. The Bertz CT molecular complexity index is 886. The number of thiazole rings is 1. The molecule has 3 heterocycles. The molecule has 0 spiro atoms. The molecule has 0 fully saturated rings. The number of hydrogen-bond donors (Lipinski definition) is 0. The van der Waals surface area contributed by atoms with Crippen molar-refractivity contribution in [1.82, 2.24) is 24.6 Å². The van der Waals surface area contributed by atoms with Gasteiger partial charge in [0.2, 0.25) is 5.91 Å². The number of aryl methyl sites for hydroxylation is 1. The quantitative estimate of drug-likeness (QED) is 0.736. The molecule has 1 aromatic carbocycles. The summed E-state index contributed by atoms with van der Waals surface area (Å²) in [7, 11) is 0.